The van der Waals surface area contributed by atoms with Crippen molar-refractivity contribution in [3.05, 3.63) is 0 Å². The van der Waals surface area contributed by atoms with Gasteiger partial charge < -0.3 is 18.3 Å². The van der Waals surface area contributed by atoms with Crippen molar-refractivity contribution in [2.75, 3.05) is 40.6 Å². The van der Waals surface area contributed by atoms with Crippen molar-refractivity contribution in [2.24, 2.45) is 0 Å². The van der Waals surface area contributed by atoms with E-state index in [1.807, 2.05) is 0 Å². The van der Waals surface area contributed by atoms with Gasteiger partial charge >= 0.3 is 8.56 Å². The number of unbranched alkanes of at least 4 members (excludes halogenated alkanes) is 4. The molecule has 0 bridgehead atoms. The number of hydrogen-bond acceptors (Lipinski definition) is 4. The SMILES string of the molecule is CCCCC[Si](CCCCC)(OCCOC)OCCOC. The van der Waals surface area contributed by atoms with Crippen molar-refractivity contribution >= 4 is 8.56 Å². The second-order valence-electron chi connectivity index (χ2n) is 5.51. The fourth-order valence-electron chi connectivity index (χ4n) is 2.37. The van der Waals surface area contributed by atoms with E-state index in [0.717, 1.165) is 12.1 Å². The first-order chi connectivity index (χ1) is 10.2. The van der Waals surface area contributed by atoms with Gasteiger partial charge in [0.15, 0.2) is 0 Å². The zero-order chi connectivity index (χ0) is 15.8. The highest BCUT2D eigenvalue weighted by atomic mass is 28.4. The third-order valence-electron chi connectivity index (χ3n) is 3.63. The van der Waals surface area contributed by atoms with Crippen molar-refractivity contribution in [1.29, 1.82) is 0 Å². The lowest BCUT2D eigenvalue weighted by Gasteiger charge is -2.31. The maximum Gasteiger partial charge on any atom is 0.338 e. The molecule has 0 saturated heterocycles. The molecule has 0 radical (unpaired) electrons. The highest BCUT2D eigenvalue weighted by Gasteiger charge is 2.36. The Morgan fingerprint density at radius 1 is 0.619 bits per heavy atom. The van der Waals surface area contributed by atoms with E-state index < -0.39 is 8.56 Å². The van der Waals surface area contributed by atoms with Crippen LogP contribution >= 0.6 is 0 Å². The van der Waals surface area contributed by atoms with Crippen LogP contribution < -0.4 is 0 Å². The van der Waals surface area contributed by atoms with E-state index >= 15 is 0 Å². The molecule has 0 amide bonds. The Labute approximate surface area is 132 Å². The molecule has 0 aromatic rings. The van der Waals surface area contributed by atoms with Gasteiger partial charge in [-0.1, -0.05) is 52.4 Å². The van der Waals surface area contributed by atoms with Crippen LogP contribution in [0.5, 0.6) is 0 Å². The smallest absolute Gasteiger partial charge is 0.338 e. The molecule has 0 fully saturated rings. The van der Waals surface area contributed by atoms with Gasteiger partial charge in [-0.3, -0.25) is 0 Å². The second kappa shape index (κ2) is 15.0. The average molecular weight is 321 g/mol. The summed E-state index contributed by atoms with van der Waals surface area (Å²) in [6, 6.07) is 2.19. The maximum absolute atomic E-state index is 6.25. The summed E-state index contributed by atoms with van der Waals surface area (Å²) in [6.07, 6.45) is 7.38. The van der Waals surface area contributed by atoms with Crippen molar-refractivity contribution in [2.45, 2.75) is 64.5 Å². The third kappa shape index (κ3) is 11.3. The summed E-state index contributed by atoms with van der Waals surface area (Å²) in [5, 5.41) is 0. The van der Waals surface area contributed by atoms with Crippen molar-refractivity contribution in [3.63, 3.8) is 0 Å². The summed E-state index contributed by atoms with van der Waals surface area (Å²) < 4.78 is 22.8. The number of ether oxygens (including phenoxy) is 2. The highest BCUT2D eigenvalue weighted by molar-refractivity contribution is 6.67. The topological polar surface area (TPSA) is 36.9 Å². The summed E-state index contributed by atoms with van der Waals surface area (Å²) in [4.78, 5) is 0. The summed E-state index contributed by atoms with van der Waals surface area (Å²) in [5.41, 5.74) is 0. The Hall–Kier alpha value is 0.0569. The summed E-state index contributed by atoms with van der Waals surface area (Å²) >= 11 is 0. The molecule has 0 unspecified atom stereocenters. The van der Waals surface area contributed by atoms with Gasteiger partial charge in [0.05, 0.1) is 26.4 Å². The van der Waals surface area contributed by atoms with Crippen molar-refractivity contribution < 1.29 is 18.3 Å². The zero-order valence-electron chi connectivity index (χ0n) is 14.6. The molecule has 21 heavy (non-hydrogen) atoms. The molecule has 0 aromatic carbocycles. The molecule has 0 aliphatic carbocycles. The Kier molecular flexibility index (Phi) is 15.0. The number of hydrogen-bond donors (Lipinski definition) is 0. The van der Waals surface area contributed by atoms with Crippen LogP contribution in [0.1, 0.15) is 52.4 Å². The van der Waals surface area contributed by atoms with Crippen LogP contribution in [0.25, 0.3) is 0 Å². The monoisotopic (exact) mass is 320 g/mol. The van der Waals surface area contributed by atoms with Crippen molar-refractivity contribution in [1.82, 2.24) is 0 Å². The normalized spacial score (nSPS) is 12.0. The predicted octanol–water partition coefficient (Wildman–Crippen LogP) is 4.14. The van der Waals surface area contributed by atoms with Crippen LogP contribution in [0.3, 0.4) is 0 Å². The van der Waals surface area contributed by atoms with Crippen molar-refractivity contribution in [3.8, 4) is 0 Å². The summed E-state index contributed by atoms with van der Waals surface area (Å²) in [5.74, 6) is 0. The lowest BCUT2D eigenvalue weighted by molar-refractivity contribution is 0.0849. The van der Waals surface area contributed by atoms with Crippen LogP contribution in [0.15, 0.2) is 0 Å². The first-order valence-corrected chi connectivity index (χ1v) is 10.7. The minimum atomic E-state index is -2.10. The summed E-state index contributed by atoms with van der Waals surface area (Å²) in [6.45, 7) is 7.05. The van der Waals surface area contributed by atoms with Crippen LogP contribution in [-0.2, 0) is 18.3 Å². The third-order valence-corrected chi connectivity index (χ3v) is 7.32. The van der Waals surface area contributed by atoms with E-state index in [0.29, 0.717) is 26.4 Å². The van der Waals surface area contributed by atoms with Gasteiger partial charge in [0.1, 0.15) is 0 Å². The molecule has 0 aliphatic heterocycles. The van der Waals surface area contributed by atoms with E-state index in [1.165, 1.54) is 38.5 Å². The van der Waals surface area contributed by atoms with Gasteiger partial charge in [0.25, 0.3) is 0 Å². The zero-order valence-corrected chi connectivity index (χ0v) is 15.6. The minimum absolute atomic E-state index is 0.643. The molecule has 128 valence electrons. The maximum atomic E-state index is 6.25. The molecule has 0 atom stereocenters. The molecule has 0 aliphatic rings. The van der Waals surface area contributed by atoms with Gasteiger partial charge in [-0.15, -0.1) is 0 Å². The van der Waals surface area contributed by atoms with Gasteiger partial charge in [-0.05, 0) is 12.1 Å². The first-order valence-electron chi connectivity index (χ1n) is 8.50. The van der Waals surface area contributed by atoms with Gasteiger partial charge in [-0.2, -0.15) is 0 Å². The molecular formula is C16H36O4Si. The van der Waals surface area contributed by atoms with E-state index in [-0.39, 0.29) is 0 Å². The van der Waals surface area contributed by atoms with Crippen LogP contribution in [0.4, 0.5) is 0 Å². The van der Waals surface area contributed by atoms with E-state index in [1.54, 1.807) is 14.2 Å². The molecule has 0 saturated carbocycles. The molecule has 0 N–H and O–H groups in total. The van der Waals surface area contributed by atoms with Gasteiger partial charge in [-0.25, -0.2) is 0 Å². The predicted molar refractivity (Wildman–Crippen MR) is 90.1 cm³/mol. The average Bonchev–Trinajstić information content (AvgIpc) is 2.48. The Morgan fingerprint density at radius 3 is 1.38 bits per heavy atom. The lowest BCUT2D eigenvalue weighted by atomic mass is 10.3. The first kappa shape index (κ1) is 21.1. The Balaban J connectivity index is 4.52. The highest BCUT2D eigenvalue weighted by Crippen LogP contribution is 2.25. The standard InChI is InChI=1S/C16H36O4Si/c1-5-7-9-15-21(16-10-8-6-2,19-13-11-17-3)20-14-12-18-4/h5-16H2,1-4H3. The number of methoxy groups -OCH3 is 2. The van der Waals surface area contributed by atoms with Crippen LogP contribution in [0.2, 0.25) is 12.1 Å². The largest absolute Gasteiger partial charge is 0.392 e. The Morgan fingerprint density at radius 2 is 1.05 bits per heavy atom. The molecule has 5 heteroatoms. The summed E-state index contributed by atoms with van der Waals surface area (Å²) in [7, 11) is 1.33. The Bertz CT molecular complexity index is 169. The fraction of sp³-hybridized carbons (Fsp3) is 1.00. The molecule has 0 heterocycles. The minimum Gasteiger partial charge on any atom is -0.392 e. The molecule has 0 spiro atoms. The fourth-order valence-corrected chi connectivity index (χ4v) is 5.76. The van der Waals surface area contributed by atoms with Crippen LogP contribution in [-0.4, -0.2) is 49.2 Å². The number of rotatable bonds is 16. The van der Waals surface area contributed by atoms with E-state index in [9.17, 15) is 0 Å². The van der Waals surface area contributed by atoms with Gasteiger partial charge in [0, 0.05) is 14.2 Å². The van der Waals surface area contributed by atoms with E-state index in [4.69, 9.17) is 18.3 Å². The second-order valence-corrected chi connectivity index (χ2v) is 8.91. The van der Waals surface area contributed by atoms with E-state index in [2.05, 4.69) is 13.8 Å². The quantitative estimate of drug-likeness (QED) is 0.316. The molecular weight excluding hydrogens is 284 g/mol. The van der Waals surface area contributed by atoms with Crippen LogP contribution in [0, 0.1) is 0 Å². The molecule has 0 aromatic heterocycles. The van der Waals surface area contributed by atoms with Gasteiger partial charge in [0.2, 0.25) is 0 Å². The lowest BCUT2D eigenvalue weighted by Crippen LogP contribution is -2.43. The molecule has 0 rings (SSSR count). The molecule has 4 nitrogen and oxygen atoms in total.